The Morgan fingerprint density at radius 3 is 2.67 bits per heavy atom. The third-order valence-corrected chi connectivity index (χ3v) is 3.48. The van der Waals surface area contributed by atoms with Crippen LogP contribution in [0, 0.1) is 0 Å². The lowest BCUT2D eigenvalue weighted by Crippen LogP contribution is -2.45. The lowest BCUT2D eigenvalue weighted by Gasteiger charge is -2.22. The molecule has 0 aromatic heterocycles. The fourth-order valence-electron chi connectivity index (χ4n) is 2.40. The quantitative estimate of drug-likeness (QED) is 0.823. The fraction of sp³-hybridized carbons (Fsp3) is 0.400. The van der Waals surface area contributed by atoms with Crippen LogP contribution in [0.4, 0.5) is 0 Å². The largest absolute Gasteiger partial charge is 0.467 e. The van der Waals surface area contributed by atoms with Gasteiger partial charge in [0.25, 0.3) is 5.91 Å². The number of nitrogens with zero attached hydrogens (tertiary/aromatic N) is 1. The standard InChI is InChI=1S/C15H18N2O4/c1-21-15(20)12-8-5-9-17(12)13(18)10-16-14(19)11-6-3-2-4-7-11/h2-4,6-7,12H,5,8-10H2,1H3,(H,16,19)/t12-/m0/s1. The average Bonchev–Trinajstić information content (AvgIpc) is 3.02. The van der Waals surface area contributed by atoms with Crippen molar-refractivity contribution in [2.45, 2.75) is 18.9 Å². The van der Waals surface area contributed by atoms with E-state index in [9.17, 15) is 14.4 Å². The summed E-state index contributed by atoms with van der Waals surface area (Å²) in [5, 5.41) is 2.57. The van der Waals surface area contributed by atoms with E-state index in [0.29, 0.717) is 18.5 Å². The van der Waals surface area contributed by atoms with Crippen LogP contribution in [0.2, 0.25) is 0 Å². The highest BCUT2D eigenvalue weighted by Crippen LogP contribution is 2.18. The number of rotatable bonds is 4. The zero-order valence-corrected chi connectivity index (χ0v) is 11.9. The molecule has 1 fully saturated rings. The molecule has 1 aromatic rings. The number of esters is 1. The van der Waals surface area contributed by atoms with Gasteiger partial charge in [-0.1, -0.05) is 18.2 Å². The highest BCUT2D eigenvalue weighted by Gasteiger charge is 2.34. The number of hydrogen-bond acceptors (Lipinski definition) is 4. The Morgan fingerprint density at radius 1 is 1.29 bits per heavy atom. The summed E-state index contributed by atoms with van der Waals surface area (Å²) in [5.41, 5.74) is 0.497. The van der Waals surface area contributed by atoms with Crippen LogP contribution in [0.15, 0.2) is 30.3 Å². The Bertz CT molecular complexity index is 530. The molecule has 6 heteroatoms. The molecular weight excluding hydrogens is 272 g/mol. The number of amides is 2. The second-order valence-electron chi connectivity index (χ2n) is 4.82. The van der Waals surface area contributed by atoms with Crippen LogP contribution in [-0.2, 0) is 14.3 Å². The Kier molecular flexibility index (Phi) is 4.92. The highest BCUT2D eigenvalue weighted by molar-refractivity contribution is 5.96. The van der Waals surface area contributed by atoms with E-state index in [1.807, 2.05) is 6.07 Å². The molecule has 2 rings (SSSR count). The minimum atomic E-state index is -0.531. The first-order chi connectivity index (χ1) is 10.1. The summed E-state index contributed by atoms with van der Waals surface area (Å²) in [6.45, 7) is 0.390. The SMILES string of the molecule is COC(=O)[C@@H]1CCCN1C(=O)CNC(=O)c1ccccc1. The van der Waals surface area contributed by atoms with Crippen molar-refractivity contribution in [1.29, 1.82) is 0 Å². The highest BCUT2D eigenvalue weighted by atomic mass is 16.5. The maximum atomic E-state index is 12.1. The lowest BCUT2D eigenvalue weighted by atomic mass is 10.2. The number of carbonyl (C=O) groups excluding carboxylic acids is 3. The van der Waals surface area contributed by atoms with E-state index in [0.717, 1.165) is 6.42 Å². The minimum Gasteiger partial charge on any atom is -0.467 e. The Hall–Kier alpha value is -2.37. The predicted molar refractivity (Wildman–Crippen MR) is 75.5 cm³/mol. The second-order valence-corrected chi connectivity index (χ2v) is 4.82. The molecular formula is C15H18N2O4. The summed E-state index contributed by atoms with van der Waals surface area (Å²) in [4.78, 5) is 37.0. The number of methoxy groups -OCH3 is 1. The van der Waals surface area contributed by atoms with E-state index < -0.39 is 12.0 Å². The summed E-state index contributed by atoms with van der Waals surface area (Å²) in [5.74, 6) is -0.986. The lowest BCUT2D eigenvalue weighted by molar-refractivity contribution is -0.150. The molecule has 1 aliphatic rings. The van der Waals surface area contributed by atoms with Gasteiger partial charge in [0.1, 0.15) is 6.04 Å². The van der Waals surface area contributed by atoms with Crippen LogP contribution in [0.25, 0.3) is 0 Å². The van der Waals surface area contributed by atoms with E-state index >= 15 is 0 Å². The molecule has 6 nitrogen and oxygen atoms in total. The molecule has 1 saturated heterocycles. The van der Waals surface area contributed by atoms with Gasteiger partial charge in [-0.3, -0.25) is 9.59 Å². The van der Waals surface area contributed by atoms with Gasteiger partial charge in [-0.25, -0.2) is 4.79 Å². The van der Waals surface area contributed by atoms with Crippen molar-refractivity contribution >= 4 is 17.8 Å². The predicted octanol–water partition coefficient (Wildman–Crippen LogP) is 0.580. The molecule has 0 radical (unpaired) electrons. The number of hydrogen-bond donors (Lipinski definition) is 1. The van der Waals surface area contributed by atoms with Gasteiger partial charge in [0, 0.05) is 12.1 Å². The molecule has 0 aliphatic carbocycles. The monoisotopic (exact) mass is 290 g/mol. The molecule has 1 heterocycles. The molecule has 1 atom stereocenters. The zero-order chi connectivity index (χ0) is 15.2. The Labute approximate surface area is 123 Å². The number of likely N-dealkylation sites (tertiary alicyclic amines) is 1. The van der Waals surface area contributed by atoms with E-state index in [1.165, 1.54) is 12.0 Å². The van der Waals surface area contributed by atoms with Crippen molar-refractivity contribution in [3.63, 3.8) is 0 Å². The van der Waals surface area contributed by atoms with Crippen molar-refractivity contribution in [2.75, 3.05) is 20.2 Å². The van der Waals surface area contributed by atoms with Crippen molar-refractivity contribution < 1.29 is 19.1 Å². The molecule has 0 spiro atoms. The summed E-state index contributed by atoms with van der Waals surface area (Å²) >= 11 is 0. The first kappa shape index (κ1) is 15.0. The maximum Gasteiger partial charge on any atom is 0.328 e. The van der Waals surface area contributed by atoms with Crippen LogP contribution in [0.3, 0.4) is 0 Å². The second kappa shape index (κ2) is 6.88. The first-order valence-electron chi connectivity index (χ1n) is 6.84. The smallest absolute Gasteiger partial charge is 0.328 e. The molecule has 0 saturated carbocycles. The van der Waals surface area contributed by atoms with Gasteiger partial charge in [0.05, 0.1) is 13.7 Å². The van der Waals surface area contributed by atoms with Crippen LogP contribution in [-0.4, -0.2) is 48.9 Å². The maximum absolute atomic E-state index is 12.1. The van der Waals surface area contributed by atoms with Crippen molar-refractivity contribution in [2.24, 2.45) is 0 Å². The summed E-state index contributed by atoms with van der Waals surface area (Å²) in [7, 11) is 1.31. The normalized spacial score (nSPS) is 17.4. The molecule has 1 aromatic carbocycles. The summed E-state index contributed by atoms with van der Waals surface area (Å²) in [6.07, 6.45) is 1.36. The van der Waals surface area contributed by atoms with E-state index in [2.05, 4.69) is 10.1 Å². The van der Waals surface area contributed by atoms with Gasteiger partial charge in [0.2, 0.25) is 5.91 Å². The molecule has 1 aliphatic heterocycles. The topological polar surface area (TPSA) is 75.7 Å². The first-order valence-corrected chi connectivity index (χ1v) is 6.84. The van der Waals surface area contributed by atoms with Crippen LogP contribution in [0.1, 0.15) is 23.2 Å². The molecule has 0 bridgehead atoms. The van der Waals surface area contributed by atoms with Gasteiger partial charge >= 0.3 is 5.97 Å². The van der Waals surface area contributed by atoms with Crippen molar-refractivity contribution in [3.05, 3.63) is 35.9 Å². The van der Waals surface area contributed by atoms with Gasteiger partial charge in [-0.05, 0) is 25.0 Å². The number of benzene rings is 1. The van der Waals surface area contributed by atoms with Crippen molar-refractivity contribution in [3.8, 4) is 0 Å². The van der Waals surface area contributed by atoms with Gasteiger partial charge < -0.3 is 15.0 Å². The average molecular weight is 290 g/mol. The van der Waals surface area contributed by atoms with Crippen molar-refractivity contribution in [1.82, 2.24) is 10.2 Å². The number of carbonyl (C=O) groups is 3. The molecule has 1 N–H and O–H groups in total. The Morgan fingerprint density at radius 2 is 2.00 bits per heavy atom. The number of ether oxygens (including phenoxy) is 1. The molecule has 0 unspecified atom stereocenters. The third-order valence-electron chi connectivity index (χ3n) is 3.48. The zero-order valence-electron chi connectivity index (χ0n) is 11.9. The minimum absolute atomic E-state index is 0.124. The van der Waals surface area contributed by atoms with E-state index in [4.69, 9.17) is 0 Å². The van der Waals surface area contributed by atoms with E-state index in [1.54, 1.807) is 24.3 Å². The Balaban J connectivity index is 1.90. The van der Waals surface area contributed by atoms with Crippen LogP contribution < -0.4 is 5.32 Å². The summed E-state index contributed by atoms with van der Waals surface area (Å²) in [6, 6.07) is 8.14. The van der Waals surface area contributed by atoms with Gasteiger partial charge in [0.15, 0.2) is 0 Å². The van der Waals surface area contributed by atoms with Crippen LogP contribution >= 0.6 is 0 Å². The van der Waals surface area contributed by atoms with Crippen LogP contribution in [0.5, 0.6) is 0 Å². The van der Waals surface area contributed by atoms with Gasteiger partial charge in [-0.2, -0.15) is 0 Å². The summed E-state index contributed by atoms with van der Waals surface area (Å²) < 4.78 is 4.69. The molecule has 112 valence electrons. The molecule has 2 amide bonds. The molecule has 21 heavy (non-hydrogen) atoms. The van der Waals surface area contributed by atoms with E-state index in [-0.39, 0.29) is 18.4 Å². The van der Waals surface area contributed by atoms with Gasteiger partial charge in [-0.15, -0.1) is 0 Å². The number of nitrogens with one attached hydrogen (secondary N) is 1. The third kappa shape index (κ3) is 3.59. The fourth-order valence-corrected chi connectivity index (χ4v) is 2.40.